The third-order valence-corrected chi connectivity index (χ3v) is 4.72. The van der Waals surface area contributed by atoms with Crippen LogP contribution in [-0.4, -0.2) is 39.5 Å². The maximum atomic E-state index is 12.5. The average molecular weight is 417 g/mol. The van der Waals surface area contributed by atoms with Gasteiger partial charge >= 0.3 is 12.1 Å². The maximum absolute atomic E-state index is 12.5. The van der Waals surface area contributed by atoms with E-state index in [9.17, 15) is 19.2 Å². The Hall–Kier alpha value is -3.27. The number of imide groups is 1. The molecule has 0 spiro atoms. The topological polar surface area (TPSA) is 115 Å². The molecule has 1 aliphatic rings. The van der Waals surface area contributed by atoms with Crippen molar-refractivity contribution < 1.29 is 28.8 Å². The zero-order chi connectivity index (χ0) is 21.3. The van der Waals surface area contributed by atoms with Crippen LogP contribution in [0.25, 0.3) is 0 Å². The fourth-order valence-electron chi connectivity index (χ4n) is 2.55. The summed E-state index contributed by atoms with van der Waals surface area (Å²) in [6.07, 6.45) is -0.611. The molecule has 0 aliphatic carbocycles. The molecule has 2 aromatic rings. The van der Waals surface area contributed by atoms with E-state index in [4.69, 9.17) is 9.57 Å². The van der Waals surface area contributed by atoms with Crippen LogP contribution in [0, 0.1) is 6.92 Å². The molecule has 1 aromatic carbocycles. The number of amides is 3. The lowest BCUT2D eigenvalue weighted by atomic mass is 10.1. The number of aromatic nitrogens is 1. The summed E-state index contributed by atoms with van der Waals surface area (Å²) in [6, 6.07) is 6.20. The molecule has 0 atom stereocenters. The second-order valence-electron chi connectivity index (χ2n) is 7.20. The highest BCUT2D eigenvalue weighted by Crippen LogP contribution is 2.25. The molecule has 10 heteroatoms. The number of hydrogen-bond donors (Lipinski definition) is 1. The molecule has 3 rings (SSSR count). The van der Waals surface area contributed by atoms with Crippen LogP contribution in [0.15, 0.2) is 24.3 Å². The zero-order valence-electron chi connectivity index (χ0n) is 16.3. The Morgan fingerprint density at radius 1 is 1.14 bits per heavy atom. The van der Waals surface area contributed by atoms with Crippen LogP contribution in [-0.2, 0) is 16.1 Å². The molecule has 0 unspecified atom stereocenters. The molecule has 1 aliphatic heterocycles. The molecule has 0 bridgehead atoms. The van der Waals surface area contributed by atoms with E-state index in [1.807, 2.05) is 0 Å². The predicted octanol–water partition coefficient (Wildman–Crippen LogP) is 2.84. The summed E-state index contributed by atoms with van der Waals surface area (Å²) in [5.41, 5.74) is -0.331. The Kier molecular flexibility index (Phi) is 5.38. The van der Waals surface area contributed by atoms with Crippen LogP contribution in [0.3, 0.4) is 0 Å². The lowest BCUT2D eigenvalue weighted by Gasteiger charge is -2.19. The quantitative estimate of drug-likeness (QED) is 0.761. The number of fused-ring (bicyclic) bond motifs is 1. The van der Waals surface area contributed by atoms with Crippen molar-refractivity contribution >= 4 is 35.2 Å². The van der Waals surface area contributed by atoms with Crippen LogP contribution in [0.1, 0.15) is 61.9 Å². The number of rotatable bonds is 4. The van der Waals surface area contributed by atoms with Gasteiger partial charge < -0.3 is 14.9 Å². The van der Waals surface area contributed by atoms with Gasteiger partial charge in [0, 0.05) is 4.88 Å². The molecule has 0 fully saturated rings. The first kappa shape index (κ1) is 20.5. The number of nitrogens with zero attached hydrogens (tertiary/aromatic N) is 2. The first-order valence-corrected chi connectivity index (χ1v) is 9.52. The predicted molar refractivity (Wildman–Crippen MR) is 102 cm³/mol. The molecular weight excluding hydrogens is 398 g/mol. The van der Waals surface area contributed by atoms with E-state index in [0.29, 0.717) is 14.9 Å². The number of carbonyl (C=O) groups is 4. The Balaban J connectivity index is 1.66. The molecule has 152 valence electrons. The van der Waals surface area contributed by atoms with E-state index >= 15 is 0 Å². The van der Waals surface area contributed by atoms with Gasteiger partial charge in [-0.25, -0.2) is 14.6 Å². The smallest absolute Gasteiger partial charge is 0.408 e. The number of carbonyl (C=O) groups excluding carboxylic acids is 4. The minimum absolute atomic E-state index is 0.0347. The van der Waals surface area contributed by atoms with Gasteiger partial charge in [-0.3, -0.25) is 9.59 Å². The monoisotopic (exact) mass is 417 g/mol. The van der Waals surface area contributed by atoms with Gasteiger partial charge in [-0.1, -0.05) is 17.2 Å². The van der Waals surface area contributed by atoms with E-state index in [-0.39, 0.29) is 23.4 Å². The summed E-state index contributed by atoms with van der Waals surface area (Å²) in [7, 11) is 0. The van der Waals surface area contributed by atoms with Gasteiger partial charge in [0.1, 0.15) is 10.6 Å². The molecule has 1 N–H and O–H groups in total. The molecule has 3 amide bonds. The van der Waals surface area contributed by atoms with Crippen molar-refractivity contribution in [1.82, 2.24) is 15.4 Å². The van der Waals surface area contributed by atoms with Gasteiger partial charge in [0.2, 0.25) is 0 Å². The van der Waals surface area contributed by atoms with Gasteiger partial charge in [0.25, 0.3) is 11.8 Å². The van der Waals surface area contributed by atoms with Gasteiger partial charge in [0.05, 0.1) is 17.7 Å². The molecule has 0 radical (unpaired) electrons. The SMILES string of the molecule is Cc1sc(CNC(=O)OC(C)(C)C)nc1C(=O)ON1C(=O)c2ccccc2C1=O. The van der Waals surface area contributed by atoms with Crippen molar-refractivity contribution in [3.63, 3.8) is 0 Å². The summed E-state index contributed by atoms with van der Waals surface area (Å²) in [4.78, 5) is 58.5. The standard InChI is InChI=1S/C19H19N3O6S/c1-10-14(21-13(29-10)9-20-18(26)27-19(2,3)4)17(25)28-22-15(23)11-7-5-6-8-12(11)16(22)24/h5-8H,9H2,1-4H3,(H,20,26). The lowest BCUT2D eigenvalue weighted by molar-refractivity contribution is -0.0588. The number of nitrogens with one attached hydrogen (secondary N) is 1. The van der Waals surface area contributed by atoms with Crippen molar-refractivity contribution in [2.24, 2.45) is 0 Å². The summed E-state index contributed by atoms with van der Waals surface area (Å²) in [6.45, 7) is 6.93. The van der Waals surface area contributed by atoms with Gasteiger partial charge in [-0.15, -0.1) is 11.3 Å². The largest absolute Gasteiger partial charge is 0.444 e. The second kappa shape index (κ2) is 7.63. The minimum atomic E-state index is -0.934. The van der Waals surface area contributed by atoms with Crippen LogP contribution in [0.5, 0.6) is 0 Å². The van der Waals surface area contributed by atoms with E-state index in [2.05, 4.69) is 10.3 Å². The summed E-state index contributed by atoms with van der Waals surface area (Å²) >= 11 is 1.18. The highest BCUT2D eigenvalue weighted by atomic mass is 32.1. The maximum Gasteiger partial charge on any atom is 0.408 e. The second-order valence-corrected chi connectivity index (χ2v) is 8.48. The van der Waals surface area contributed by atoms with Gasteiger partial charge in [-0.2, -0.15) is 0 Å². The van der Waals surface area contributed by atoms with E-state index < -0.39 is 29.5 Å². The number of ether oxygens (including phenoxy) is 1. The van der Waals surface area contributed by atoms with Crippen LogP contribution >= 0.6 is 11.3 Å². The highest BCUT2D eigenvalue weighted by molar-refractivity contribution is 7.11. The number of thiazole rings is 1. The molecule has 2 heterocycles. The fourth-order valence-corrected chi connectivity index (χ4v) is 3.41. The number of aryl methyl sites for hydroxylation is 1. The number of benzene rings is 1. The Bertz CT molecular complexity index is 973. The summed E-state index contributed by atoms with van der Waals surface area (Å²) in [5, 5.41) is 3.43. The van der Waals surface area contributed by atoms with E-state index in [0.717, 1.165) is 0 Å². The Labute approximate surface area is 170 Å². The molecular formula is C19H19N3O6S. The molecule has 0 saturated heterocycles. The lowest BCUT2D eigenvalue weighted by Crippen LogP contribution is -2.33. The van der Waals surface area contributed by atoms with Crippen molar-refractivity contribution in [2.45, 2.75) is 39.8 Å². The minimum Gasteiger partial charge on any atom is -0.444 e. The van der Waals surface area contributed by atoms with Crippen LogP contribution < -0.4 is 5.32 Å². The summed E-state index contributed by atoms with van der Waals surface area (Å²) in [5.74, 6) is -2.35. The Morgan fingerprint density at radius 2 is 1.72 bits per heavy atom. The first-order valence-electron chi connectivity index (χ1n) is 8.70. The molecule has 29 heavy (non-hydrogen) atoms. The first-order chi connectivity index (χ1) is 13.6. The van der Waals surface area contributed by atoms with E-state index in [1.165, 1.54) is 23.5 Å². The van der Waals surface area contributed by atoms with Crippen molar-refractivity contribution in [3.05, 3.63) is 51.0 Å². The normalized spacial score (nSPS) is 13.3. The van der Waals surface area contributed by atoms with Crippen molar-refractivity contribution in [2.75, 3.05) is 0 Å². The molecule has 0 saturated carbocycles. The van der Waals surface area contributed by atoms with E-state index in [1.54, 1.807) is 39.8 Å². The molecule has 9 nitrogen and oxygen atoms in total. The third-order valence-electron chi connectivity index (χ3n) is 3.75. The fraction of sp³-hybridized carbons (Fsp3) is 0.316. The van der Waals surface area contributed by atoms with Crippen molar-refractivity contribution in [1.29, 1.82) is 0 Å². The van der Waals surface area contributed by atoms with Crippen molar-refractivity contribution in [3.8, 4) is 0 Å². The van der Waals surface area contributed by atoms with Gasteiger partial charge in [0.15, 0.2) is 5.69 Å². The number of hydrogen-bond acceptors (Lipinski definition) is 8. The van der Waals surface area contributed by atoms with Crippen LogP contribution in [0.4, 0.5) is 4.79 Å². The number of alkyl carbamates (subject to hydrolysis) is 1. The molecule has 1 aromatic heterocycles. The van der Waals surface area contributed by atoms with Gasteiger partial charge in [-0.05, 0) is 39.8 Å². The average Bonchev–Trinajstić information content (AvgIpc) is 3.12. The number of hydroxylamine groups is 2. The highest BCUT2D eigenvalue weighted by Gasteiger charge is 2.39. The van der Waals surface area contributed by atoms with Crippen LogP contribution in [0.2, 0.25) is 0 Å². The summed E-state index contributed by atoms with van der Waals surface area (Å²) < 4.78 is 5.14. The zero-order valence-corrected chi connectivity index (χ0v) is 17.1. The Morgan fingerprint density at radius 3 is 2.28 bits per heavy atom. The third kappa shape index (κ3) is 4.43.